The molecule has 2 N–H and O–H groups in total. The molecule has 78 valence electrons. The molecule has 0 aliphatic heterocycles. The van der Waals surface area contributed by atoms with E-state index in [9.17, 15) is 4.39 Å². The summed E-state index contributed by atoms with van der Waals surface area (Å²) in [5.74, 6) is 0.180. The second-order valence-corrected chi connectivity index (χ2v) is 3.91. The Morgan fingerprint density at radius 1 is 1.43 bits per heavy atom. The van der Waals surface area contributed by atoms with Gasteiger partial charge in [0.1, 0.15) is 5.82 Å². The van der Waals surface area contributed by atoms with Gasteiger partial charge in [-0.25, -0.2) is 4.39 Å². The molecule has 0 saturated carbocycles. The van der Waals surface area contributed by atoms with E-state index in [4.69, 9.17) is 5.73 Å². The van der Waals surface area contributed by atoms with Gasteiger partial charge in [-0.1, -0.05) is 26.3 Å². The molecule has 2 atom stereocenters. The number of benzene rings is 1. The number of aryl methyl sites for hydroxylation is 1. The van der Waals surface area contributed by atoms with E-state index in [1.54, 1.807) is 12.1 Å². The first-order valence-electron chi connectivity index (χ1n) is 5.08. The first-order chi connectivity index (χ1) is 6.56. The lowest BCUT2D eigenvalue weighted by Crippen LogP contribution is -2.19. The number of nitrogens with two attached hydrogens (primary N) is 1. The first kappa shape index (κ1) is 11.2. The molecule has 0 fully saturated rings. The first-order valence-corrected chi connectivity index (χ1v) is 5.08. The molecule has 0 amide bonds. The Morgan fingerprint density at radius 3 is 2.64 bits per heavy atom. The minimum Gasteiger partial charge on any atom is -0.324 e. The van der Waals surface area contributed by atoms with Crippen LogP contribution < -0.4 is 5.73 Å². The van der Waals surface area contributed by atoms with Crippen LogP contribution in [0.4, 0.5) is 4.39 Å². The van der Waals surface area contributed by atoms with Crippen LogP contribution in [0.15, 0.2) is 18.2 Å². The van der Waals surface area contributed by atoms with Gasteiger partial charge >= 0.3 is 0 Å². The number of hydrogen-bond acceptors (Lipinski definition) is 1. The Morgan fingerprint density at radius 2 is 2.07 bits per heavy atom. The zero-order valence-electron chi connectivity index (χ0n) is 9.05. The molecule has 0 aliphatic carbocycles. The Labute approximate surface area is 85.1 Å². The molecule has 1 aromatic rings. The highest BCUT2D eigenvalue weighted by Gasteiger charge is 2.15. The van der Waals surface area contributed by atoms with E-state index < -0.39 is 0 Å². The average molecular weight is 195 g/mol. The molecule has 0 heterocycles. The van der Waals surface area contributed by atoms with Crippen LogP contribution in [0.1, 0.15) is 37.4 Å². The predicted molar refractivity (Wildman–Crippen MR) is 57.5 cm³/mol. The molecule has 0 aromatic heterocycles. The maximum Gasteiger partial charge on any atom is 0.123 e. The van der Waals surface area contributed by atoms with Crippen molar-refractivity contribution in [2.24, 2.45) is 11.7 Å². The van der Waals surface area contributed by atoms with Crippen molar-refractivity contribution in [1.29, 1.82) is 0 Å². The van der Waals surface area contributed by atoms with Crippen molar-refractivity contribution < 1.29 is 4.39 Å². The van der Waals surface area contributed by atoms with E-state index in [1.807, 2.05) is 6.92 Å². The molecule has 14 heavy (non-hydrogen) atoms. The normalized spacial score (nSPS) is 15.2. The maximum atomic E-state index is 13.0. The summed E-state index contributed by atoms with van der Waals surface area (Å²) < 4.78 is 13.0. The third-order valence-electron chi connectivity index (χ3n) is 2.86. The lowest BCUT2D eigenvalue weighted by molar-refractivity contribution is 0.453. The van der Waals surface area contributed by atoms with Crippen LogP contribution in [0, 0.1) is 18.7 Å². The SMILES string of the molecule is CCC(C)[C@H](N)c1cc(F)ccc1C. The van der Waals surface area contributed by atoms with Crippen LogP contribution >= 0.6 is 0 Å². The van der Waals surface area contributed by atoms with Gasteiger partial charge in [-0.05, 0) is 36.1 Å². The summed E-state index contributed by atoms with van der Waals surface area (Å²) in [5, 5.41) is 0. The molecule has 0 saturated heterocycles. The smallest absolute Gasteiger partial charge is 0.123 e. The average Bonchev–Trinajstić information content (AvgIpc) is 2.19. The quantitative estimate of drug-likeness (QED) is 0.787. The molecule has 0 radical (unpaired) electrons. The van der Waals surface area contributed by atoms with Crippen molar-refractivity contribution >= 4 is 0 Å². The molecular weight excluding hydrogens is 177 g/mol. The number of rotatable bonds is 3. The van der Waals surface area contributed by atoms with Crippen molar-refractivity contribution in [3.8, 4) is 0 Å². The minimum atomic E-state index is -0.204. The van der Waals surface area contributed by atoms with Gasteiger partial charge in [-0.2, -0.15) is 0 Å². The molecule has 1 nitrogen and oxygen atoms in total. The van der Waals surface area contributed by atoms with Crippen LogP contribution in [-0.2, 0) is 0 Å². The van der Waals surface area contributed by atoms with E-state index >= 15 is 0 Å². The van der Waals surface area contributed by atoms with Crippen LogP contribution in [0.3, 0.4) is 0 Å². The summed E-state index contributed by atoms with van der Waals surface area (Å²) in [6.07, 6.45) is 1.01. The molecular formula is C12H18FN. The van der Waals surface area contributed by atoms with Gasteiger partial charge < -0.3 is 5.73 Å². The van der Waals surface area contributed by atoms with Gasteiger partial charge in [0.15, 0.2) is 0 Å². The van der Waals surface area contributed by atoms with Crippen molar-refractivity contribution in [2.75, 3.05) is 0 Å². The fourth-order valence-corrected chi connectivity index (χ4v) is 1.53. The summed E-state index contributed by atoms with van der Waals surface area (Å²) in [4.78, 5) is 0. The van der Waals surface area contributed by atoms with Gasteiger partial charge in [-0.15, -0.1) is 0 Å². The molecule has 1 aromatic carbocycles. The third-order valence-corrected chi connectivity index (χ3v) is 2.86. The molecule has 1 unspecified atom stereocenters. The largest absolute Gasteiger partial charge is 0.324 e. The molecule has 0 bridgehead atoms. The van der Waals surface area contributed by atoms with Crippen LogP contribution in [0.25, 0.3) is 0 Å². The standard InChI is InChI=1S/C12H18FN/c1-4-8(2)12(14)11-7-10(13)6-5-9(11)3/h5-8,12H,4,14H2,1-3H3/t8?,12-/m0/s1. The van der Waals surface area contributed by atoms with Crippen molar-refractivity contribution in [1.82, 2.24) is 0 Å². The third kappa shape index (κ3) is 2.32. The van der Waals surface area contributed by atoms with Gasteiger partial charge in [0.2, 0.25) is 0 Å². The molecule has 0 aliphatic rings. The van der Waals surface area contributed by atoms with Gasteiger partial charge in [-0.3, -0.25) is 0 Å². The van der Waals surface area contributed by atoms with Crippen LogP contribution in [0.2, 0.25) is 0 Å². The van der Waals surface area contributed by atoms with E-state index in [1.165, 1.54) is 6.07 Å². The highest BCUT2D eigenvalue weighted by molar-refractivity contribution is 5.29. The highest BCUT2D eigenvalue weighted by Crippen LogP contribution is 2.25. The van der Waals surface area contributed by atoms with Crippen molar-refractivity contribution in [2.45, 2.75) is 33.2 Å². The van der Waals surface area contributed by atoms with Crippen molar-refractivity contribution in [3.05, 3.63) is 35.1 Å². The Balaban J connectivity index is 2.99. The van der Waals surface area contributed by atoms with E-state index in [2.05, 4.69) is 13.8 Å². The summed E-state index contributed by atoms with van der Waals surface area (Å²) >= 11 is 0. The minimum absolute atomic E-state index is 0.0595. The zero-order chi connectivity index (χ0) is 10.7. The number of hydrogen-bond donors (Lipinski definition) is 1. The summed E-state index contributed by atoms with van der Waals surface area (Å²) in [7, 11) is 0. The predicted octanol–water partition coefficient (Wildman–Crippen LogP) is 3.18. The van der Waals surface area contributed by atoms with Crippen molar-refractivity contribution in [3.63, 3.8) is 0 Å². The van der Waals surface area contributed by atoms with Gasteiger partial charge in [0.25, 0.3) is 0 Å². The fourth-order valence-electron chi connectivity index (χ4n) is 1.53. The van der Waals surface area contributed by atoms with Crippen LogP contribution in [-0.4, -0.2) is 0 Å². The topological polar surface area (TPSA) is 26.0 Å². The second kappa shape index (κ2) is 4.56. The lowest BCUT2D eigenvalue weighted by atomic mass is 9.90. The summed E-state index contributed by atoms with van der Waals surface area (Å²) in [6, 6.07) is 4.75. The van der Waals surface area contributed by atoms with Crippen LogP contribution in [0.5, 0.6) is 0 Å². The fraction of sp³-hybridized carbons (Fsp3) is 0.500. The highest BCUT2D eigenvalue weighted by atomic mass is 19.1. The van der Waals surface area contributed by atoms with E-state index in [0.717, 1.165) is 17.5 Å². The molecule has 2 heteroatoms. The summed E-state index contributed by atoms with van der Waals surface area (Å²) in [5.41, 5.74) is 8.05. The van der Waals surface area contributed by atoms with E-state index in [-0.39, 0.29) is 11.9 Å². The van der Waals surface area contributed by atoms with Gasteiger partial charge in [0.05, 0.1) is 0 Å². The molecule has 0 spiro atoms. The summed E-state index contributed by atoms with van der Waals surface area (Å²) in [6.45, 7) is 6.16. The molecule has 1 rings (SSSR count). The number of halogens is 1. The Hall–Kier alpha value is -0.890. The Kier molecular flexibility index (Phi) is 3.64. The zero-order valence-corrected chi connectivity index (χ0v) is 9.05. The second-order valence-electron chi connectivity index (χ2n) is 3.91. The Bertz CT molecular complexity index is 309. The van der Waals surface area contributed by atoms with Gasteiger partial charge in [0, 0.05) is 6.04 Å². The maximum absolute atomic E-state index is 13.0. The van der Waals surface area contributed by atoms with E-state index in [0.29, 0.717) is 5.92 Å². The lowest BCUT2D eigenvalue weighted by Gasteiger charge is -2.20. The monoisotopic (exact) mass is 195 g/mol.